The molecule has 1 amide bonds. The van der Waals surface area contributed by atoms with E-state index in [0.29, 0.717) is 5.69 Å². The van der Waals surface area contributed by atoms with Crippen LogP contribution < -0.4 is 5.32 Å². The number of anilines is 1. The first-order valence-corrected chi connectivity index (χ1v) is 7.69. The van der Waals surface area contributed by atoms with Gasteiger partial charge in [0.1, 0.15) is 10.8 Å². The van der Waals surface area contributed by atoms with Crippen molar-refractivity contribution in [3.63, 3.8) is 0 Å². The zero-order valence-corrected chi connectivity index (χ0v) is 12.8. The van der Waals surface area contributed by atoms with Crippen molar-refractivity contribution < 1.29 is 9.59 Å². The summed E-state index contributed by atoms with van der Waals surface area (Å²) in [5, 5.41) is 3.65. The molecule has 0 radical (unpaired) electrons. The molecule has 3 aromatic rings. The van der Waals surface area contributed by atoms with Gasteiger partial charge in [-0.15, -0.1) is 11.3 Å². The first-order chi connectivity index (χ1) is 10.6. The van der Waals surface area contributed by atoms with E-state index in [-0.39, 0.29) is 18.1 Å². The van der Waals surface area contributed by atoms with Crippen molar-refractivity contribution in [3.05, 3.63) is 48.5 Å². The highest BCUT2D eigenvalue weighted by molar-refractivity contribution is 7.21. The smallest absolute Gasteiger partial charge is 0.231 e. The van der Waals surface area contributed by atoms with Gasteiger partial charge in [-0.2, -0.15) is 0 Å². The van der Waals surface area contributed by atoms with Gasteiger partial charge in [-0.05, 0) is 43.3 Å². The molecule has 110 valence electrons. The van der Waals surface area contributed by atoms with Crippen molar-refractivity contribution in [2.45, 2.75) is 13.3 Å². The van der Waals surface area contributed by atoms with E-state index < -0.39 is 0 Å². The highest BCUT2D eigenvalue weighted by atomic mass is 32.1. The lowest BCUT2D eigenvalue weighted by atomic mass is 10.2. The van der Waals surface area contributed by atoms with Gasteiger partial charge in [0.25, 0.3) is 0 Å². The Hall–Kier alpha value is -2.53. The van der Waals surface area contributed by atoms with Gasteiger partial charge in [0, 0.05) is 11.3 Å². The predicted molar refractivity (Wildman–Crippen MR) is 89.0 cm³/mol. The molecule has 0 aliphatic carbocycles. The van der Waals surface area contributed by atoms with Crippen LogP contribution in [0.3, 0.4) is 0 Å². The topological polar surface area (TPSA) is 59.1 Å². The first-order valence-electron chi connectivity index (χ1n) is 6.87. The summed E-state index contributed by atoms with van der Waals surface area (Å²) >= 11 is 1.64. The second kappa shape index (κ2) is 6.07. The van der Waals surface area contributed by atoms with Crippen LogP contribution >= 0.6 is 11.3 Å². The number of fused-ring (bicyclic) bond motifs is 1. The fourth-order valence-electron chi connectivity index (χ4n) is 2.12. The minimum Gasteiger partial charge on any atom is -0.326 e. The molecule has 0 aliphatic heterocycles. The lowest BCUT2D eigenvalue weighted by Gasteiger charge is -2.04. The lowest BCUT2D eigenvalue weighted by Crippen LogP contribution is -2.14. The number of hydrogen-bond acceptors (Lipinski definition) is 4. The molecular weight excluding hydrogens is 296 g/mol. The van der Waals surface area contributed by atoms with Crippen LogP contribution in [-0.2, 0) is 9.59 Å². The first kappa shape index (κ1) is 14.4. The number of aromatic nitrogens is 1. The molecule has 1 N–H and O–H groups in total. The number of thiazole rings is 1. The van der Waals surface area contributed by atoms with Gasteiger partial charge in [-0.25, -0.2) is 4.98 Å². The predicted octanol–water partition coefficient (Wildman–Crippen LogP) is 3.88. The zero-order valence-electron chi connectivity index (χ0n) is 12.0. The van der Waals surface area contributed by atoms with E-state index in [4.69, 9.17) is 0 Å². The number of rotatable bonds is 4. The standard InChI is InChI=1S/C17H14N2O2S/c1-11(20)10-16(21)18-13-8-6-12(7-9-13)17-19-14-4-2-3-5-15(14)22-17/h2-9H,10H2,1H3,(H,18,21). The molecule has 0 atom stereocenters. The number of nitrogens with one attached hydrogen (secondary N) is 1. The molecule has 0 aliphatic rings. The largest absolute Gasteiger partial charge is 0.326 e. The van der Waals surface area contributed by atoms with E-state index in [0.717, 1.165) is 20.8 Å². The monoisotopic (exact) mass is 310 g/mol. The average Bonchev–Trinajstić information content (AvgIpc) is 2.91. The SMILES string of the molecule is CC(=O)CC(=O)Nc1ccc(-c2nc3ccccc3s2)cc1. The van der Waals surface area contributed by atoms with E-state index in [2.05, 4.69) is 10.3 Å². The van der Waals surface area contributed by atoms with Crippen LogP contribution in [0.15, 0.2) is 48.5 Å². The number of Topliss-reactive ketones (excluding diaryl/α,β-unsaturated/α-hetero) is 1. The molecule has 0 saturated carbocycles. The molecule has 2 aromatic carbocycles. The van der Waals surface area contributed by atoms with Gasteiger partial charge in [-0.1, -0.05) is 12.1 Å². The minimum atomic E-state index is -0.291. The van der Waals surface area contributed by atoms with Crippen LogP contribution in [0, 0.1) is 0 Å². The van der Waals surface area contributed by atoms with E-state index in [9.17, 15) is 9.59 Å². The Morgan fingerprint density at radius 1 is 1.09 bits per heavy atom. The van der Waals surface area contributed by atoms with Gasteiger partial charge in [0.05, 0.1) is 16.6 Å². The van der Waals surface area contributed by atoms with Crippen molar-refractivity contribution in [1.29, 1.82) is 0 Å². The molecule has 22 heavy (non-hydrogen) atoms. The van der Waals surface area contributed by atoms with Crippen molar-refractivity contribution in [3.8, 4) is 10.6 Å². The zero-order chi connectivity index (χ0) is 15.5. The third kappa shape index (κ3) is 3.20. The number of carbonyl (C=O) groups is 2. The fraction of sp³-hybridized carbons (Fsp3) is 0.118. The summed E-state index contributed by atoms with van der Waals surface area (Å²) in [7, 11) is 0. The summed E-state index contributed by atoms with van der Waals surface area (Å²) in [4.78, 5) is 27.1. The van der Waals surface area contributed by atoms with Crippen molar-refractivity contribution in [2.75, 3.05) is 5.32 Å². The maximum absolute atomic E-state index is 11.6. The van der Waals surface area contributed by atoms with E-state index >= 15 is 0 Å². The summed E-state index contributed by atoms with van der Waals surface area (Å²) in [6.07, 6.45) is -0.0976. The van der Waals surface area contributed by atoms with E-state index in [1.54, 1.807) is 11.3 Å². The Morgan fingerprint density at radius 3 is 2.50 bits per heavy atom. The molecule has 3 rings (SSSR count). The molecule has 0 unspecified atom stereocenters. The molecule has 0 fully saturated rings. The molecule has 0 bridgehead atoms. The van der Waals surface area contributed by atoms with Crippen molar-refractivity contribution >= 4 is 38.9 Å². The van der Waals surface area contributed by atoms with Crippen LogP contribution in [-0.4, -0.2) is 16.7 Å². The van der Waals surface area contributed by atoms with Crippen LogP contribution in [0.1, 0.15) is 13.3 Å². The summed E-state index contributed by atoms with van der Waals surface area (Å²) in [5.41, 5.74) is 2.67. The normalized spacial score (nSPS) is 10.6. The summed E-state index contributed by atoms with van der Waals surface area (Å²) < 4.78 is 1.15. The number of ketones is 1. The number of carbonyl (C=O) groups excluding carboxylic acids is 2. The van der Waals surface area contributed by atoms with Gasteiger partial charge >= 0.3 is 0 Å². The van der Waals surface area contributed by atoms with Crippen molar-refractivity contribution in [1.82, 2.24) is 4.98 Å². The quantitative estimate of drug-likeness (QED) is 0.744. The van der Waals surface area contributed by atoms with E-state index in [1.807, 2.05) is 48.5 Å². The molecular formula is C17H14N2O2S. The Balaban J connectivity index is 1.79. The second-order valence-corrected chi connectivity index (χ2v) is 6.02. The average molecular weight is 310 g/mol. The molecule has 5 heteroatoms. The molecule has 0 spiro atoms. The van der Waals surface area contributed by atoms with Gasteiger partial charge in [0.2, 0.25) is 5.91 Å². The van der Waals surface area contributed by atoms with Crippen LogP contribution in [0.5, 0.6) is 0 Å². The summed E-state index contributed by atoms with van der Waals surface area (Å²) in [5.74, 6) is -0.441. The highest BCUT2D eigenvalue weighted by Crippen LogP contribution is 2.30. The maximum atomic E-state index is 11.6. The lowest BCUT2D eigenvalue weighted by molar-refractivity contribution is -0.124. The molecule has 4 nitrogen and oxygen atoms in total. The Labute approximate surface area is 131 Å². The maximum Gasteiger partial charge on any atom is 0.231 e. The molecule has 1 heterocycles. The number of benzene rings is 2. The minimum absolute atomic E-state index is 0.0976. The van der Waals surface area contributed by atoms with E-state index in [1.165, 1.54) is 6.92 Å². The Kier molecular flexibility index (Phi) is 3.98. The molecule has 1 aromatic heterocycles. The summed E-state index contributed by atoms with van der Waals surface area (Å²) in [6.45, 7) is 1.40. The number of hydrogen-bond donors (Lipinski definition) is 1. The van der Waals surface area contributed by atoms with Crippen LogP contribution in [0.25, 0.3) is 20.8 Å². The highest BCUT2D eigenvalue weighted by Gasteiger charge is 2.08. The van der Waals surface area contributed by atoms with Crippen molar-refractivity contribution in [2.24, 2.45) is 0 Å². The number of para-hydroxylation sites is 1. The van der Waals surface area contributed by atoms with Crippen LogP contribution in [0.4, 0.5) is 5.69 Å². The number of amides is 1. The second-order valence-electron chi connectivity index (χ2n) is 4.99. The third-order valence-corrected chi connectivity index (χ3v) is 4.20. The third-order valence-electron chi connectivity index (χ3n) is 3.12. The van der Waals surface area contributed by atoms with Gasteiger partial charge < -0.3 is 5.32 Å². The Bertz CT molecular complexity index is 804. The molecule has 0 saturated heterocycles. The van der Waals surface area contributed by atoms with Gasteiger partial charge in [0.15, 0.2) is 0 Å². The summed E-state index contributed by atoms with van der Waals surface area (Å²) in [6, 6.07) is 15.5. The fourth-order valence-corrected chi connectivity index (χ4v) is 3.09. The Morgan fingerprint density at radius 2 is 1.82 bits per heavy atom. The van der Waals surface area contributed by atoms with Gasteiger partial charge in [-0.3, -0.25) is 9.59 Å². The van der Waals surface area contributed by atoms with Crippen LogP contribution in [0.2, 0.25) is 0 Å². The number of nitrogens with zero attached hydrogens (tertiary/aromatic N) is 1.